The van der Waals surface area contributed by atoms with Crippen LogP contribution in [0.1, 0.15) is 115 Å². The lowest BCUT2D eigenvalue weighted by Gasteiger charge is -2.18. The highest BCUT2D eigenvalue weighted by atomic mass is 31.2. The summed E-state index contributed by atoms with van der Waals surface area (Å²) in [4.78, 5) is 10.6. The van der Waals surface area contributed by atoms with Crippen LogP contribution in [0.3, 0.4) is 0 Å². The molecule has 0 fully saturated rings. The average Bonchev–Trinajstić information content (AvgIpc) is 2.84. The van der Waals surface area contributed by atoms with Gasteiger partial charge in [0.25, 0.3) is 0 Å². The summed E-state index contributed by atoms with van der Waals surface area (Å²) in [5.74, 6) is 0.878. The molecule has 0 spiro atoms. The first kappa shape index (κ1) is 32.2. The van der Waals surface area contributed by atoms with E-state index in [0.29, 0.717) is 11.5 Å². The molecule has 0 aliphatic carbocycles. The Bertz CT molecular complexity index is 806. The van der Waals surface area contributed by atoms with Crippen molar-refractivity contribution < 1.29 is 18.5 Å². The monoisotopic (exact) mass is 519 g/mol. The van der Waals surface area contributed by atoms with Crippen molar-refractivity contribution in [3.8, 4) is 11.5 Å². The summed E-state index contributed by atoms with van der Waals surface area (Å²) in [6.07, 6.45) is 18.9. The normalized spacial score (nSPS) is 11.2. The van der Waals surface area contributed by atoms with Crippen LogP contribution in [-0.4, -0.2) is 4.89 Å². The fourth-order valence-electron chi connectivity index (χ4n) is 4.41. The fraction of sp³-hybridized carbons (Fsp3) is 0.600. The molecule has 5 nitrogen and oxygen atoms in total. The van der Waals surface area contributed by atoms with Crippen molar-refractivity contribution in [2.75, 3.05) is 0 Å². The number of hydrogen-bond acceptors (Lipinski definition) is 4. The highest BCUT2D eigenvalue weighted by molar-refractivity contribution is 7.48. The van der Waals surface area contributed by atoms with Gasteiger partial charge in [0.05, 0.1) is 0 Å². The molecule has 0 radical (unpaired) electrons. The summed E-state index contributed by atoms with van der Waals surface area (Å²) in [6.45, 7) is 4.46. The summed E-state index contributed by atoms with van der Waals surface area (Å²) in [5.41, 5.74) is 1.91. The summed E-state index contributed by atoms with van der Waals surface area (Å²) < 4.78 is 24.1. The van der Waals surface area contributed by atoms with E-state index >= 15 is 0 Å². The van der Waals surface area contributed by atoms with E-state index in [0.717, 1.165) is 49.7 Å². The third-order valence-corrected chi connectivity index (χ3v) is 7.33. The van der Waals surface area contributed by atoms with Gasteiger partial charge in [-0.05, 0) is 48.9 Å². The van der Waals surface area contributed by atoms with Gasteiger partial charge in [0.15, 0.2) is 0 Å². The highest BCUT2D eigenvalue weighted by Gasteiger charge is 2.27. The van der Waals surface area contributed by atoms with Crippen LogP contribution in [0.2, 0.25) is 0 Å². The Hall–Kier alpha value is -1.81. The van der Waals surface area contributed by atoms with Crippen molar-refractivity contribution in [3.63, 3.8) is 0 Å². The van der Waals surface area contributed by atoms with Gasteiger partial charge in [-0.1, -0.05) is 127 Å². The minimum atomic E-state index is -4.31. The molecule has 0 saturated heterocycles. The largest absolute Gasteiger partial charge is 0.584 e. The second kappa shape index (κ2) is 19.3. The molecular formula is C30H50NO4P. The third-order valence-electron chi connectivity index (χ3n) is 6.47. The Labute approximate surface area is 220 Å². The Morgan fingerprint density at radius 1 is 0.583 bits per heavy atom. The van der Waals surface area contributed by atoms with Gasteiger partial charge in [-0.15, -0.1) is 0 Å². The number of phosphoric acid groups is 1. The van der Waals surface area contributed by atoms with E-state index in [9.17, 15) is 9.46 Å². The van der Waals surface area contributed by atoms with Gasteiger partial charge in [0, 0.05) is 0 Å². The predicted octanol–water partition coefficient (Wildman–Crippen LogP) is 9.99. The minimum absolute atomic E-state index is 0. The van der Waals surface area contributed by atoms with Gasteiger partial charge < -0.3 is 15.2 Å². The van der Waals surface area contributed by atoms with Crippen LogP contribution >= 0.6 is 7.82 Å². The number of benzene rings is 2. The van der Waals surface area contributed by atoms with Crippen molar-refractivity contribution in [1.29, 1.82) is 0 Å². The Kier molecular flexibility index (Phi) is 17.3. The number of unbranched alkanes of at least 4 members (excludes halogenated alkanes) is 12. The molecule has 2 aromatic carbocycles. The summed E-state index contributed by atoms with van der Waals surface area (Å²) >= 11 is 0. The zero-order valence-corrected chi connectivity index (χ0v) is 23.7. The van der Waals surface area contributed by atoms with E-state index in [1.165, 1.54) is 64.2 Å². The van der Waals surface area contributed by atoms with E-state index in [4.69, 9.17) is 9.05 Å². The fourth-order valence-corrected chi connectivity index (χ4v) is 5.30. The summed E-state index contributed by atoms with van der Waals surface area (Å²) in [5, 5.41) is 0. The average molecular weight is 520 g/mol. The zero-order valence-electron chi connectivity index (χ0n) is 22.8. The zero-order chi connectivity index (χ0) is 25.2. The van der Waals surface area contributed by atoms with Gasteiger partial charge in [0.1, 0.15) is 11.5 Å². The van der Waals surface area contributed by atoms with Crippen LogP contribution < -0.4 is 15.2 Å². The van der Waals surface area contributed by atoms with Crippen LogP contribution in [0.4, 0.5) is 0 Å². The number of rotatable bonds is 20. The lowest BCUT2D eigenvalue weighted by Crippen LogP contribution is -2.03. The van der Waals surface area contributed by atoms with Crippen LogP contribution in [0.5, 0.6) is 11.5 Å². The molecule has 0 aliphatic rings. The van der Waals surface area contributed by atoms with Crippen LogP contribution in [0, 0.1) is 0 Å². The Morgan fingerprint density at radius 3 is 1.31 bits per heavy atom. The molecule has 36 heavy (non-hydrogen) atoms. The molecule has 204 valence electrons. The van der Waals surface area contributed by atoms with Crippen molar-refractivity contribution in [2.24, 2.45) is 0 Å². The van der Waals surface area contributed by atoms with E-state index in [-0.39, 0.29) is 6.15 Å². The first-order valence-corrected chi connectivity index (χ1v) is 15.4. The molecule has 0 atom stereocenters. The predicted molar refractivity (Wildman–Crippen MR) is 152 cm³/mol. The number of hydrogen-bond donors (Lipinski definition) is 2. The van der Waals surface area contributed by atoms with Gasteiger partial charge in [-0.3, -0.25) is 4.89 Å². The molecule has 0 unspecified atom stereocenters. The third kappa shape index (κ3) is 13.5. The molecule has 0 amide bonds. The van der Waals surface area contributed by atoms with Gasteiger partial charge in [-0.2, -0.15) is 0 Å². The van der Waals surface area contributed by atoms with Crippen LogP contribution in [0.15, 0.2) is 48.5 Å². The lowest BCUT2D eigenvalue weighted by molar-refractivity contribution is 0.288. The second-order valence-corrected chi connectivity index (χ2v) is 10.9. The molecule has 0 aromatic heterocycles. The van der Waals surface area contributed by atoms with Gasteiger partial charge >= 0.3 is 7.82 Å². The lowest BCUT2D eigenvalue weighted by atomic mass is 10.0. The highest BCUT2D eigenvalue weighted by Crippen LogP contribution is 2.46. The molecular weight excluding hydrogens is 469 g/mol. The van der Waals surface area contributed by atoms with Crippen molar-refractivity contribution >= 4 is 7.82 Å². The first-order chi connectivity index (χ1) is 17.1. The van der Waals surface area contributed by atoms with Gasteiger partial charge in [-0.25, -0.2) is 4.57 Å². The molecule has 0 saturated carbocycles. The standard InChI is InChI=1S/C30H47O4P.H3N/c1-3-5-7-9-11-13-15-21-27-23-17-19-25-29(27)33-35(31,32)34-30-26-20-18-24-28(30)22-16-14-12-10-8-6-4-2;/h17-20,23-26H,3-16,21-22H2,1-2H3,(H,31,32);1H3. The van der Waals surface area contributed by atoms with E-state index in [2.05, 4.69) is 13.8 Å². The quantitative estimate of drug-likeness (QED) is 0.134. The van der Waals surface area contributed by atoms with E-state index in [1.807, 2.05) is 36.4 Å². The minimum Gasteiger partial charge on any atom is -0.395 e. The molecule has 2 rings (SSSR count). The summed E-state index contributed by atoms with van der Waals surface area (Å²) in [6, 6.07) is 15.0. The first-order valence-electron chi connectivity index (χ1n) is 13.9. The Morgan fingerprint density at radius 2 is 0.917 bits per heavy atom. The number of aryl methyl sites for hydroxylation is 2. The second-order valence-electron chi connectivity index (χ2n) is 9.61. The topological polar surface area (TPSA) is 90.8 Å². The Balaban J connectivity index is 0.00000648. The molecule has 0 heterocycles. The summed E-state index contributed by atoms with van der Waals surface area (Å²) in [7, 11) is -4.31. The van der Waals surface area contributed by atoms with E-state index in [1.54, 1.807) is 12.1 Å². The maximum Gasteiger partial charge on any atom is 0.584 e. The van der Waals surface area contributed by atoms with Crippen LogP contribution in [0.25, 0.3) is 0 Å². The molecule has 0 bridgehead atoms. The SMILES string of the molecule is CCCCCCCCCc1ccccc1OP(=O)(O)Oc1ccccc1CCCCCCCCC.N. The van der Waals surface area contributed by atoms with E-state index < -0.39 is 7.82 Å². The maximum absolute atomic E-state index is 12.9. The molecule has 6 heteroatoms. The number of para-hydroxylation sites is 2. The molecule has 2 aromatic rings. The molecule has 0 aliphatic heterocycles. The maximum atomic E-state index is 12.9. The van der Waals surface area contributed by atoms with Gasteiger partial charge in [0.2, 0.25) is 0 Å². The van der Waals surface area contributed by atoms with Crippen molar-refractivity contribution in [2.45, 2.75) is 117 Å². The smallest absolute Gasteiger partial charge is 0.395 e. The van der Waals surface area contributed by atoms with Crippen molar-refractivity contribution in [1.82, 2.24) is 6.15 Å². The van der Waals surface area contributed by atoms with Crippen LogP contribution in [-0.2, 0) is 17.4 Å². The van der Waals surface area contributed by atoms with Crippen molar-refractivity contribution in [3.05, 3.63) is 59.7 Å². The number of phosphoric ester groups is 1. The molecule has 4 N–H and O–H groups in total.